The number of esters is 1. The molecular formula is C18H18FNO4. The molecule has 2 rings (SSSR count). The molecule has 6 heteroatoms. The Bertz CT molecular complexity index is 802. The topological polar surface area (TPSA) is 75.6 Å². The molecule has 24 heavy (non-hydrogen) atoms. The van der Waals surface area contributed by atoms with Gasteiger partial charge >= 0.3 is 5.97 Å². The molecule has 0 saturated carbocycles. The van der Waals surface area contributed by atoms with Gasteiger partial charge in [-0.15, -0.1) is 0 Å². The van der Waals surface area contributed by atoms with E-state index in [1.807, 2.05) is 0 Å². The molecule has 2 N–H and O–H groups in total. The third-order valence-corrected chi connectivity index (χ3v) is 3.41. The SMILES string of the molecule is CCOC(=O)c1ccc(NC(=O)c2cc(C)cc(C)c2O)cc1F. The van der Waals surface area contributed by atoms with Gasteiger partial charge in [-0.1, -0.05) is 6.07 Å². The quantitative estimate of drug-likeness (QED) is 0.840. The first-order chi connectivity index (χ1) is 11.3. The number of ether oxygens (including phenoxy) is 1. The third kappa shape index (κ3) is 3.71. The summed E-state index contributed by atoms with van der Waals surface area (Å²) in [7, 11) is 0. The summed E-state index contributed by atoms with van der Waals surface area (Å²) < 4.78 is 18.7. The van der Waals surface area contributed by atoms with Crippen LogP contribution in [-0.2, 0) is 4.74 Å². The highest BCUT2D eigenvalue weighted by Gasteiger charge is 2.17. The molecule has 2 aromatic rings. The molecule has 0 unspecified atom stereocenters. The van der Waals surface area contributed by atoms with Crippen LogP contribution in [0.5, 0.6) is 5.75 Å². The van der Waals surface area contributed by atoms with Crippen molar-refractivity contribution in [3.8, 4) is 5.75 Å². The second-order valence-electron chi connectivity index (χ2n) is 5.35. The molecule has 0 aliphatic rings. The van der Waals surface area contributed by atoms with Crippen molar-refractivity contribution < 1.29 is 23.8 Å². The van der Waals surface area contributed by atoms with Crippen molar-refractivity contribution in [1.29, 1.82) is 0 Å². The lowest BCUT2D eigenvalue weighted by atomic mass is 10.0. The summed E-state index contributed by atoms with van der Waals surface area (Å²) in [5, 5.41) is 12.5. The molecule has 0 fully saturated rings. The van der Waals surface area contributed by atoms with Gasteiger partial charge in [0.15, 0.2) is 0 Å². The van der Waals surface area contributed by atoms with Crippen molar-refractivity contribution in [3.63, 3.8) is 0 Å². The Balaban J connectivity index is 2.24. The molecule has 1 amide bonds. The maximum absolute atomic E-state index is 14.0. The van der Waals surface area contributed by atoms with Gasteiger partial charge in [0, 0.05) is 5.69 Å². The molecule has 0 heterocycles. The predicted octanol–water partition coefficient (Wildman–Crippen LogP) is 3.58. The van der Waals surface area contributed by atoms with Gasteiger partial charge in [-0.25, -0.2) is 9.18 Å². The van der Waals surface area contributed by atoms with Crippen LogP contribution in [0.25, 0.3) is 0 Å². The number of phenolic OH excluding ortho intramolecular Hbond substituents is 1. The Morgan fingerprint density at radius 1 is 1.17 bits per heavy atom. The standard InChI is InChI=1S/C18H18FNO4/c1-4-24-18(23)13-6-5-12(9-15(13)19)20-17(22)14-8-10(2)7-11(3)16(14)21/h5-9,21H,4H2,1-3H3,(H,20,22). The van der Waals surface area contributed by atoms with E-state index in [1.165, 1.54) is 12.1 Å². The molecule has 0 saturated heterocycles. The number of hydrogen-bond donors (Lipinski definition) is 2. The number of phenols is 1. The molecule has 0 atom stereocenters. The normalized spacial score (nSPS) is 10.3. The zero-order valence-corrected chi connectivity index (χ0v) is 13.6. The minimum atomic E-state index is -0.795. The molecule has 5 nitrogen and oxygen atoms in total. The van der Waals surface area contributed by atoms with Crippen LogP contribution in [0, 0.1) is 19.7 Å². The minimum absolute atomic E-state index is 0.0994. The lowest BCUT2D eigenvalue weighted by Crippen LogP contribution is -2.14. The fourth-order valence-electron chi connectivity index (χ4n) is 2.30. The van der Waals surface area contributed by atoms with Gasteiger partial charge < -0.3 is 15.2 Å². The summed E-state index contributed by atoms with van der Waals surface area (Å²) in [4.78, 5) is 23.8. The second-order valence-corrected chi connectivity index (χ2v) is 5.35. The summed E-state index contributed by atoms with van der Waals surface area (Å²) >= 11 is 0. The maximum Gasteiger partial charge on any atom is 0.341 e. The first-order valence-electron chi connectivity index (χ1n) is 7.41. The second kappa shape index (κ2) is 7.12. The molecule has 0 aliphatic carbocycles. The highest BCUT2D eigenvalue weighted by atomic mass is 19.1. The zero-order valence-electron chi connectivity index (χ0n) is 13.6. The summed E-state index contributed by atoms with van der Waals surface area (Å²) in [6.07, 6.45) is 0. The predicted molar refractivity (Wildman–Crippen MR) is 87.9 cm³/mol. The van der Waals surface area contributed by atoms with Crippen LogP contribution in [0.2, 0.25) is 0 Å². The van der Waals surface area contributed by atoms with Gasteiger partial charge in [0.1, 0.15) is 11.6 Å². The van der Waals surface area contributed by atoms with E-state index < -0.39 is 17.7 Å². The Morgan fingerprint density at radius 2 is 1.88 bits per heavy atom. The van der Waals surface area contributed by atoms with Crippen molar-refractivity contribution in [1.82, 2.24) is 0 Å². The molecule has 0 aliphatic heterocycles. The molecular weight excluding hydrogens is 313 g/mol. The van der Waals surface area contributed by atoms with Crippen LogP contribution in [0.1, 0.15) is 38.8 Å². The lowest BCUT2D eigenvalue weighted by molar-refractivity contribution is 0.0521. The number of carbonyl (C=O) groups excluding carboxylic acids is 2. The Hall–Kier alpha value is -2.89. The van der Waals surface area contributed by atoms with E-state index in [2.05, 4.69) is 5.32 Å². The highest BCUT2D eigenvalue weighted by molar-refractivity contribution is 6.06. The van der Waals surface area contributed by atoms with Crippen LogP contribution in [0.4, 0.5) is 10.1 Å². The number of aromatic hydroxyl groups is 1. The molecule has 126 valence electrons. The van der Waals surface area contributed by atoms with Gasteiger partial charge in [-0.2, -0.15) is 0 Å². The molecule has 0 bridgehead atoms. The van der Waals surface area contributed by atoms with Gasteiger partial charge in [0.2, 0.25) is 0 Å². The number of anilines is 1. The van der Waals surface area contributed by atoms with Crippen molar-refractivity contribution in [2.24, 2.45) is 0 Å². The first-order valence-corrected chi connectivity index (χ1v) is 7.41. The van der Waals surface area contributed by atoms with Crippen LogP contribution < -0.4 is 5.32 Å². The smallest absolute Gasteiger partial charge is 0.341 e. The number of halogens is 1. The minimum Gasteiger partial charge on any atom is -0.507 e. The van der Waals surface area contributed by atoms with Crippen molar-refractivity contribution in [2.45, 2.75) is 20.8 Å². The zero-order chi connectivity index (χ0) is 17.9. The van der Waals surface area contributed by atoms with Crippen LogP contribution in [0.3, 0.4) is 0 Å². The van der Waals surface area contributed by atoms with Crippen LogP contribution in [0.15, 0.2) is 30.3 Å². The number of nitrogens with one attached hydrogen (secondary N) is 1. The number of carbonyl (C=O) groups is 2. The fraction of sp³-hybridized carbons (Fsp3) is 0.222. The van der Waals surface area contributed by atoms with Gasteiger partial charge in [-0.05, 0) is 56.2 Å². The van der Waals surface area contributed by atoms with Crippen LogP contribution in [-0.4, -0.2) is 23.6 Å². The monoisotopic (exact) mass is 331 g/mol. The largest absolute Gasteiger partial charge is 0.507 e. The van der Waals surface area contributed by atoms with Gasteiger partial charge in [0.25, 0.3) is 5.91 Å². The van der Waals surface area contributed by atoms with E-state index in [9.17, 15) is 19.1 Å². The molecule has 2 aromatic carbocycles. The lowest BCUT2D eigenvalue weighted by Gasteiger charge is -2.11. The molecule has 0 radical (unpaired) electrons. The van der Waals surface area contributed by atoms with Gasteiger partial charge in [-0.3, -0.25) is 4.79 Å². The molecule has 0 spiro atoms. The first kappa shape index (κ1) is 17.5. The third-order valence-electron chi connectivity index (χ3n) is 3.41. The highest BCUT2D eigenvalue weighted by Crippen LogP contribution is 2.25. The number of aryl methyl sites for hydroxylation is 2. The Morgan fingerprint density at radius 3 is 2.50 bits per heavy atom. The van der Waals surface area contributed by atoms with E-state index >= 15 is 0 Å². The van der Waals surface area contributed by atoms with Gasteiger partial charge in [0.05, 0.1) is 17.7 Å². The number of hydrogen-bond acceptors (Lipinski definition) is 4. The van der Waals surface area contributed by atoms with Crippen LogP contribution >= 0.6 is 0 Å². The number of benzene rings is 2. The van der Waals surface area contributed by atoms with Crippen molar-refractivity contribution >= 4 is 17.6 Å². The van der Waals surface area contributed by atoms with E-state index in [0.29, 0.717) is 5.56 Å². The maximum atomic E-state index is 14.0. The number of rotatable bonds is 4. The van der Waals surface area contributed by atoms with E-state index in [0.717, 1.165) is 11.6 Å². The number of amides is 1. The summed E-state index contributed by atoms with van der Waals surface area (Å²) in [6.45, 7) is 5.26. The van der Waals surface area contributed by atoms with E-state index in [-0.39, 0.29) is 29.2 Å². The molecule has 0 aromatic heterocycles. The van der Waals surface area contributed by atoms with Crippen molar-refractivity contribution in [2.75, 3.05) is 11.9 Å². The summed E-state index contributed by atoms with van der Waals surface area (Å²) in [5.41, 5.74) is 1.46. The summed E-state index contributed by atoms with van der Waals surface area (Å²) in [6, 6.07) is 6.96. The average Bonchev–Trinajstić information content (AvgIpc) is 2.51. The van der Waals surface area contributed by atoms with E-state index in [4.69, 9.17) is 4.74 Å². The van der Waals surface area contributed by atoms with Crippen molar-refractivity contribution in [3.05, 3.63) is 58.4 Å². The summed E-state index contributed by atoms with van der Waals surface area (Å²) in [5.74, 6) is -2.25. The Kier molecular flexibility index (Phi) is 5.18. The Labute approximate surface area is 139 Å². The average molecular weight is 331 g/mol. The van der Waals surface area contributed by atoms with E-state index in [1.54, 1.807) is 32.9 Å². The fourth-order valence-corrected chi connectivity index (χ4v) is 2.30.